The van der Waals surface area contributed by atoms with Gasteiger partial charge in [0.25, 0.3) is 0 Å². The summed E-state index contributed by atoms with van der Waals surface area (Å²) in [6, 6.07) is 5.92. The summed E-state index contributed by atoms with van der Waals surface area (Å²) < 4.78 is 0. The van der Waals surface area contributed by atoms with Crippen LogP contribution in [0, 0.1) is 0 Å². The molecule has 4 heteroatoms. The van der Waals surface area contributed by atoms with Gasteiger partial charge >= 0.3 is 5.97 Å². The lowest BCUT2D eigenvalue weighted by molar-refractivity contribution is -0.138. The number of rotatable bonds is 6. The van der Waals surface area contributed by atoms with E-state index in [9.17, 15) is 4.79 Å². The first-order valence-corrected chi connectivity index (χ1v) is 6.84. The van der Waals surface area contributed by atoms with Gasteiger partial charge in [0.05, 0.1) is 0 Å². The molecule has 0 amide bonds. The number of nitrogens with zero attached hydrogens (tertiary/aromatic N) is 1. The molecule has 1 unspecified atom stereocenters. The summed E-state index contributed by atoms with van der Waals surface area (Å²) in [5, 5.41) is 8.77. The minimum absolute atomic E-state index is 0.389. The molecule has 4 nitrogen and oxygen atoms in total. The second-order valence-electron chi connectivity index (χ2n) is 5.41. The van der Waals surface area contributed by atoms with Crippen LogP contribution < -0.4 is 5.73 Å². The molecule has 0 heterocycles. The minimum Gasteiger partial charge on any atom is -0.480 e. The number of hydrogen-bond donors (Lipinski definition) is 2. The molecule has 1 atom stereocenters. The summed E-state index contributed by atoms with van der Waals surface area (Å²) in [6.07, 6.45) is 4.62. The van der Waals surface area contributed by atoms with E-state index >= 15 is 0 Å². The highest BCUT2D eigenvalue weighted by atomic mass is 16.4. The zero-order chi connectivity index (χ0) is 13.8. The molecule has 0 radical (unpaired) electrons. The normalized spacial score (nSPS) is 15.5. The molecule has 0 saturated heterocycles. The standard InChI is InChI=1S/C15H22N2O2/c1-17(10-14(16)15(18)19)8-7-11-5-6-12-3-2-4-13(12)9-11/h5-6,9,14H,2-4,7-8,10,16H2,1H3,(H,18,19). The molecule has 1 aliphatic rings. The molecule has 0 fully saturated rings. The monoisotopic (exact) mass is 262 g/mol. The van der Waals surface area contributed by atoms with Crippen LogP contribution >= 0.6 is 0 Å². The number of hydrogen-bond acceptors (Lipinski definition) is 3. The average Bonchev–Trinajstić information content (AvgIpc) is 2.83. The zero-order valence-electron chi connectivity index (χ0n) is 11.4. The van der Waals surface area contributed by atoms with E-state index < -0.39 is 12.0 Å². The van der Waals surface area contributed by atoms with Crippen molar-refractivity contribution in [3.05, 3.63) is 34.9 Å². The molecule has 1 aromatic rings. The van der Waals surface area contributed by atoms with E-state index in [0.29, 0.717) is 6.54 Å². The quantitative estimate of drug-likeness (QED) is 0.804. The van der Waals surface area contributed by atoms with E-state index in [-0.39, 0.29) is 0 Å². The summed E-state index contributed by atoms with van der Waals surface area (Å²) in [4.78, 5) is 12.7. The largest absolute Gasteiger partial charge is 0.480 e. The van der Waals surface area contributed by atoms with Crippen molar-refractivity contribution in [1.82, 2.24) is 4.90 Å². The van der Waals surface area contributed by atoms with Gasteiger partial charge in [-0.3, -0.25) is 4.79 Å². The Kier molecular flexibility index (Phi) is 4.56. The van der Waals surface area contributed by atoms with Crippen LogP contribution in [-0.4, -0.2) is 42.2 Å². The molecule has 2 rings (SSSR count). The minimum atomic E-state index is -0.940. The number of nitrogens with two attached hydrogens (primary N) is 1. The number of fused-ring (bicyclic) bond motifs is 1. The molecular weight excluding hydrogens is 240 g/mol. The van der Waals surface area contributed by atoms with Crippen LogP contribution in [0.3, 0.4) is 0 Å². The van der Waals surface area contributed by atoms with Crippen molar-refractivity contribution in [2.75, 3.05) is 20.1 Å². The van der Waals surface area contributed by atoms with Crippen molar-refractivity contribution in [3.63, 3.8) is 0 Å². The van der Waals surface area contributed by atoms with Crippen LogP contribution in [0.15, 0.2) is 18.2 Å². The fourth-order valence-electron chi connectivity index (χ4n) is 2.61. The van der Waals surface area contributed by atoms with E-state index in [1.165, 1.54) is 36.0 Å². The second-order valence-corrected chi connectivity index (χ2v) is 5.41. The number of benzene rings is 1. The number of aliphatic carboxylic acids is 1. The summed E-state index contributed by atoms with van der Waals surface area (Å²) >= 11 is 0. The van der Waals surface area contributed by atoms with Crippen LogP contribution in [0.2, 0.25) is 0 Å². The Morgan fingerprint density at radius 3 is 2.89 bits per heavy atom. The van der Waals surface area contributed by atoms with Gasteiger partial charge < -0.3 is 15.7 Å². The number of likely N-dealkylation sites (N-methyl/N-ethyl adjacent to an activating group) is 1. The second kappa shape index (κ2) is 6.17. The van der Waals surface area contributed by atoms with Gasteiger partial charge in [0.2, 0.25) is 0 Å². The summed E-state index contributed by atoms with van der Waals surface area (Å²) in [6.45, 7) is 1.22. The van der Waals surface area contributed by atoms with Crippen molar-refractivity contribution in [1.29, 1.82) is 0 Å². The molecule has 3 N–H and O–H groups in total. The molecule has 104 valence electrons. The first kappa shape index (κ1) is 14.0. The van der Waals surface area contributed by atoms with Crippen LogP contribution in [-0.2, 0) is 24.1 Å². The third kappa shape index (κ3) is 3.78. The third-order valence-corrected chi connectivity index (χ3v) is 3.77. The number of carbonyl (C=O) groups is 1. The molecule has 19 heavy (non-hydrogen) atoms. The highest BCUT2D eigenvalue weighted by Gasteiger charge is 2.14. The average molecular weight is 262 g/mol. The van der Waals surface area contributed by atoms with Gasteiger partial charge in [-0.25, -0.2) is 0 Å². The molecule has 0 bridgehead atoms. The lowest BCUT2D eigenvalue weighted by Crippen LogP contribution is -2.41. The van der Waals surface area contributed by atoms with Crippen LogP contribution in [0.25, 0.3) is 0 Å². The molecule has 1 aromatic carbocycles. The van der Waals surface area contributed by atoms with Crippen LogP contribution in [0.4, 0.5) is 0 Å². The van der Waals surface area contributed by atoms with Gasteiger partial charge in [0, 0.05) is 13.1 Å². The Balaban J connectivity index is 1.83. The van der Waals surface area contributed by atoms with Crippen molar-refractivity contribution in [2.24, 2.45) is 5.73 Å². The van der Waals surface area contributed by atoms with Crippen molar-refractivity contribution >= 4 is 5.97 Å². The molecule has 0 aliphatic heterocycles. The highest BCUT2D eigenvalue weighted by Crippen LogP contribution is 2.22. The first-order valence-electron chi connectivity index (χ1n) is 6.84. The van der Waals surface area contributed by atoms with E-state index in [0.717, 1.165) is 13.0 Å². The highest BCUT2D eigenvalue weighted by molar-refractivity contribution is 5.73. The van der Waals surface area contributed by atoms with Crippen molar-refractivity contribution in [2.45, 2.75) is 31.7 Å². The maximum Gasteiger partial charge on any atom is 0.321 e. The molecular formula is C15H22N2O2. The maximum absolute atomic E-state index is 10.7. The number of aryl methyl sites for hydroxylation is 2. The predicted molar refractivity (Wildman–Crippen MR) is 75.3 cm³/mol. The first-order chi connectivity index (χ1) is 9.06. The number of carboxylic acids is 1. The van der Waals surface area contributed by atoms with Gasteiger partial charge in [0.15, 0.2) is 0 Å². The number of carboxylic acid groups (broad SMARTS) is 1. The molecule has 0 spiro atoms. The topological polar surface area (TPSA) is 66.6 Å². The Hall–Kier alpha value is -1.39. The van der Waals surface area contributed by atoms with Gasteiger partial charge in [-0.05, 0) is 49.4 Å². The van der Waals surface area contributed by atoms with Crippen LogP contribution in [0.1, 0.15) is 23.1 Å². The smallest absolute Gasteiger partial charge is 0.321 e. The Bertz CT molecular complexity index is 459. The molecule has 0 saturated carbocycles. The van der Waals surface area contributed by atoms with Crippen LogP contribution in [0.5, 0.6) is 0 Å². The Morgan fingerprint density at radius 1 is 1.42 bits per heavy atom. The van der Waals surface area contributed by atoms with E-state index in [2.05, 4.69) is 18.2 Å². The Morgan fingerprint density at radius 2 is 2.16 bits per heavy atom. The predicted octanol–water partition coefficient (Wildman–Crippen LogP) is 1.06. The zero-order valence-corrected chi connectivity index (χ0v) is 11.4. The summed E-state index contributed by atoms with van der Waals surface area (Å²) in [5.74, 6) is -0.940. The maximum atomic E-state index is 10.7. The van der Waals surface area contributed by atoms with Gasteiger partial charge in [-0.2, -0.15) is 0 Å². The Labute approximate surface area is 114 Å². The van der Waals surface area contributed by atoms with E-state index in [1.54, 1.807) is 0 Å². The van der Waals surface area contributed by atoms with E-state index in [1.807, 2.05) is 11.9 Å². The SMILES string of the molecule is CN(CCc1ccc2c(c1)CCC2)CC(N)C(=O)O. The lowest BCUT2D eigenvalue weighted by atomic mass is 10.0. The lowest BCUT2D eigenvalue weighted by Gasteiger charge is -2.19. The van der Waals surface area contributed by atoms with Gasteiger partial charge in [-0.1, -0.05) is 18.2 Å². The van der Waals surface area contributed by atoms with Crippen molar-refractivity contribution < 1.29 is 9.90 Å². The fourth-order valence-corrected chi connectivity index (χ4v) is 2.61. The van der Waals surface area contributed by atoms with E-state index in [4.69, 9.17) is 10.8 Å². The summed E-state index contributed by atoms with van der Waals surface area (Å²) in [7, 11) is 1.91. The molecule has 0 aromatic heterocycles. The van der Waals surface area contributed by atoms with Crippen molar-refractivity contribution in [3.8, 4) is 0 Å². The van der Waals surface area contributed by atoms with Gasteiger partial charge in [-0.15, -0.1) is 0 Å². The third-order valence-electron chi connectivity index (χ3n) is 3.77. The van der Waals surface area contributed by atoms with Gasteiger partial charge in [0.1, 0.15) is 6.04 Å². The summed E-state index contributed by atoms with van der Waals surface area (Å²) in [5.41, 5.74) is 9.83. The molecule has 1 aliphatic carbocycles. The fraction of sp³-hybridized carbons (Fsp3) is 0.533.